The number of carbonyl (C=O) groups excluding carboxylic acids is 2. The third-order valence-electron chi connectivity index (χ3n) is 3.30. The van der Waals surface area contributed by atoms with Gasteiger partial charge < -0.3 is 5.11 Å². The van der Waals surface area contributed by atoms with Crippen molar-refractivity contribution < 1.29 is 14.7 Å². The van der Waals surface area contributed by atoms with E-state index in [1.165, 1.54) is 4.90 Å². The Morgan fingerprint density at radius 2 is 1.90 bits per heavy atom. The first-order valence-corrected chi connectivity index (χ1v) is 6.62. The first kappa shape index (κ1) is 14.3. The van der Waals surface area contributed by atoms with Gasteiger partial charge in [0.25, 0.3) is 0 Å². The molecule has 20 heavy (non-hydrogen) atoms. The molecule has 1 saturated heterocycles. The molecule has 0 saturated carbocycles. The fourth-order valence-electron chi connectivity index (χ4n) is 2.29. The second kappa shape index (κ2) is 6.36. The van der Waals surface area contributed by atoms with Crippen molar-refractivity contribution in [1.82, 2.24) is 4.90 Å². The van der Waals surface area contributed by atoms with Crippen molar-refractivity contribution in [3.63, 3.8) is 0 Å². The average molecular weight is 271 g/mol. The van der Waals surface area contributed by atoms with Crippen LogP contribution in [0.25, 0.3) is 0 Å². The minimum atomic E-state index is -0.215. The molecule has 0 aromatic heterocycles. The predicted molar refractivity (Wildman–Crippen MR) is 74.4 cm³/mol. The first-order valence-electron chi connectivity index (χ1n) is 6.62. The topological polar surface area (TPSA) is 57.6 Å². The quantitative estimate of drug-likeness (QED) is 0.652. The lowest BCUT2D eigenvalue weighted by Gasteiger charge is -2.28. The van der Waals surface area contributed by atoms with Gasteiger partial charge in [0.05, 0.1) is 6.54 Å². The molecule has 1 N–H and O–H groups in total. The van der Waals surface area contributed by atoms with E-state index in [1.54, 1.807) is 0 Å². The number of aliphatic hydroxyl groups excluding tert-OH is 1. The molecule has 104 valence electrons. The fourth-order valence-corrected chi connectivity index (χ4v) is 2.29. The molecule has 0 atom stereocenters. The van der Waals surface area contributed by atoms with Crippen molar-refractivity contribution in [2.45, 2.75) is 26.3 Å². The van der Waals surface area contributed by atoms with Crippen LogP contribution in [0.2, 0.25) is 0 Å². The smallest absolute Gasteiger partial charge is 0.229 e. The summed E-state index contributed by atoms with van der Waals surface area (Å²) in [7, 11) is 0. The van der Waals surface area contributed by atoms with Crippen molar-refractivity contribution >= 4 is 11.8 Å². The Morgan fingerprint density at radius 1 is 1.25 bits per heavy atom. The zero-order chi connectivity index (χ0) is 14.5. The molecule has 1 heterocycles. The van der Waals surface area contributed by atoms with Crippen LogP contribution < -0.4 is 0 Å². The number of hydrogen-bond acceptors (Lipinski definition) is 3. The molecule has 1 fully saturated rings. The molecule has 1 aliphatic heterocycles. The van der Waals surface area contributed by atoms with Gasteiger partial charge in [-0.25, -0.2) is 0 Å². The van der Waals surface area contributed by atoms with Gasteiger partial charge in [-0.3, -0.25) is 14.5 Å². The number of imide groups is 1. The zero-order valence-corrected chi connectivity index (χ0v) is 11.4. The number of rotatable bonds is 2. The predicted octanol–water partition coefficient (Wildman–Crippen LogP) is 1.32. The molecule has 1 aromatic rings. The summed E-state index contributed by atoms with van der Waals surface area (Å²) in [5.41, 5.74) is 1.56. The number of likely N-dealkylation sites (tertiary alicyclic amines) is 1. The van der Waals surface area contributed by atoms with Gasteiger partial charge in [-0.2, -0.15) is 0 Å². The summed E-state index contributed by atoms with van der Waals surface area (Å²) in [5, 5.41) is 8.76. The number of hydrogen-bond donors (Lipinski definition) is 1. The Morgan fingerprint density at radius 3 is 2.55 bits per heavy atom. The van der Waals surface area contributed by atoms with Crippen molar-refractivity contribution in [1.29, 1.82) is 0 Å². The van der Waals surface area contributed by atoms with Gasteiger partial charge in [0.1, 0.15) is 6.61 Å². The van der Waals surface area contributed by atoms with E-state index in [4.69, 9.17) is 5.11 Å². The highest BCUT2D eigenvalue weighted by molar-refractivity contribution is 5.97. The van der Waals surface area contributed by atoms with Crippen molar-refractivity contribution in [3.05, 3.63) is 35.4 Å². The standard InChI is InChI=1S/C16H17NO3/c1-12-9-15(19)17(16(20)10-12)11-14-6-3-2-5-13(14)7-4-8-18/h2-3,5-6,12,18H,8-11H2,1H3. The first-order chi connectivity index (χ1) is 9.61. The third-order valence-corrected chi connectivity index (χ3v) is 3.30. The highest BCUT2D eigenvalue weighted by Gasteiger charge is 2.30. The van der Waals surface area contributed by atoms with Crippen molar-refractivity contribution in [2.75, 3.05) is 6.61 Å². The highest BCUT2D eigenvalue weighted by atomic mass is 16.2. The van der Waals surface area contributed by atoms with E-state index >= 15 is 0 Å². The van der Waals surface area contributed by atoms with Crippen LogP contribution in [-0.2, 0) is 16.1 Å². The van der Waals surface area contributed by atoms with Gasteiger partial charge in [0.15, 0.2) is 0 Å². The molecule has 4 nitrogen and oxygen atoms in total. The number of aliphatic hydroxyl groups is 1. The normalized spacial score (nSPS) is 16.0. The number of piperidine rings is 1. The van der Waals surface area contributed by atoms with Crippen molar-refractivity contribution in [3.8, 4) is 11.8 Å². The van der Waals surface area contributed by atoms with Gasteiger partial charge in [0, 0.05) is 18.4 Å². The fraction of sp³-hybridized carbons (Fsp3) is 0.375. The van der Waals surface area contributed by atoms with Gasteiger partial charge in [-0.15, -0.1) is 0 Å². The molecule has 4 heteroatoms. The monoisotopic (exact) mass is 271 g/mol. The van der Waals surface area contributed by atoms with Crippen LogP contribution in [0.1, 0.15) is 30.9 Å². The number of amides is 2. The molecule has 0 radical (unpaired) electrons. The molecule has 0 bridgehead atoms. The summed E-state index contributed by atoms with van der Waals surface area (Å²) in [6, 6.07) is 7.35. The van der Waals surface area contributed by atoms with Crippen LogP contribution >= 0.6 is 0 Å². The Labute approximate surface area is 118 Å². The SMILES string of the molecule is CC1CC(=O)N(Cc2ccccc2C#CCO)C(=O)C1. The van der Waals surface area contributed by atoms with Crippen molar-refractivity contribution in [2.24, 2.45) is 5.92 Å². The number of benzene rings is 1. The molecule has 0 spiro atoms. The average Bonchev–Trinajstić information content (AvgIpc) is 2.41. The summed E-state index contributed by atoms with van der Waals surface area (Å²) in [4.78, 5) is 25.3. The van der Waals surface area contributed by atoms with E-state index in [0.29, 0.717) is 12.8 Å². The molecule has 0 unspecified atom stereocenters. The molecule has 0 aliphatic carbocycles. The van der Waals surface area contributed by atoms with Crippen LogP contribution in [0.3, 0.4) is 0 Å². The van der Waals surface area contributed by atoms with Crippen LogP contribution in [0, 0.1) is 17.8 Å². The van der Waals surface area contributed by atoms with Gasteiger partial charge in [0.2, 0.25) is 11.8 Å². The Balaban J connectivity index is 2.21. The van der Waals surface area contributed by atoms with E-state index in [-0.39, 0.29) is 30.9 Å². The summed E-state index contributed by atoms with van der Waals surface area (Å²) in [6.07, 6.45) is 0.826. The lowest BCUT2D eigenvalue weighted by molar-refractivity contribution is -0.150. The molecule has 1 aliphatic rings. The maximum atomic E-state index is 12.0. The highest BCUT2D eigenvalue weighted by Crippen LogP contribution is 2.21. The number of carbonyl (C=O) groups is 2. The zero-order valence-electron chi connectivity index (χ0n) is 11.4. The van der Waals surface area contributed by atoms with Crippen LogP contribution in [0.4, 0.5) is 0 Å². The van der Waals surface area contributed by atoms with E-state index in [1.807, 2.05) is 31.2 Å². The maximum absolute atomic E-state index is 12.0. The van der Waals surface area contributed by atoms with E-state index < -0.39 is 0 Å². The van der Waals surface area contributed by atoms with Crippen LogP contribution in [0.15, 0.2) is 24.3 Å². The lowest BCUT2D eigenvalue weighted by atomic mass is 9.97. The van der Waals surface area contributed by atoms with Crippen LogP contribution in [-0.4, -0.2) is 28.4 Å². The maximum Gasteiger partial charge on any atom is 0.229 e. The molecule has 2 amide bonds. The van der Waals surface area contributed by atoms with Crippen LogP contribution in [0.5, 0.6) is 0 Å². The minimum Gasteiger partial charge on any atom is -0.384 e. The second-order valence-electron chi connectivity index (χ2n) is 5.00. The summed E-state index contributed by atoms with van der Waals surface area (Å²) < 4.78 is 0. The Hall–Kier alpha value is -2.12. The summed E-state index contributed by atoms with van der Waals surface area (Å²) in [6.45, 7) is 1.95. The second-order valence-corrected chi connectivity index (χ2v) is 5.00. The minimum absolute atomic E-state index is 0.121. The molecular weight excluding hydrogens is 254 g/mol. The molecular formula is C16H17NO3. The van der Waals surface area contributed by atoms with E-state index in [2.05, 4.69) is 11.8 Å². The Kier molecular flexibility index (Phi) is 4.54. The van der Waals surface area contributed by atoms with Gasteiger partial charge >= 0.3 is 0 Å². The van der Waals surface area contributed by atoms with Gasteiger partial charge in [-0.1, -0.05) is 37.0 Å². The van der Waals surface area contributed by atoms with E-state index in [0.717, 1.165) is 11.1 Å². The number of nitrogens with zero attached hydrogens (tertiary/aromatic N) is 1. The molecule has 1 aromatic carbocycles. The van der Waals surface area contributed by atoms with E-state index in [9.17, 15) is 9.59 Å². The molecule has 2 rings (SSSR count). The largest absolute Gasteiger partial charge is 0.384 e. The summed E-state index contributed by atoms with van der Waals surface area (Å²) in [5.74, 6) is 5.30. The third kappa shape index (κ3) is 3.25. The Bertz CT molecular complexity index is 565. The van der Waals surface area contributed by atoms with Gasteiger partial charge in [-0.05, 0) is 17.5 Å². The lowest BCUT2D eigenvalue weighted by Crippen LogP contribution is -2.42. The summed E-state index contributed by atoms with van der Waals surface area (Å²) >= 11 is 0.